The van der Waals surface area contributed by atoms with Crippen LogP contribution in [0.4, 0.5) is 5.69 Å². The zero-order chi connectivity index (χ0) is 14.9. The highest BCUT2D eigenvalue weighted by atomic mass is 16.6. The summed E-state index contributed by atoms with van der Waals surface area (Å²) in [5.74, 6) is 0. The SMILES string of the molecule is Cn1cc([N+](=O)[O-])c(=O)n(CC(O)CNC2CC2)c1=O. The number of nitrogens with one attached hydrogen (secondary N) is 1. The van der Waals surface area contributed by atoms with Crippen molar-refractivity contribution >= 4 is 5.69 Å². The normalized spacial score (nSPS) is 16.1. The van der Waals surface area contributed by atoms with Gasteiger partial charge in [-0.1, -0.05) is 0 Å². The summed E-state index contributed by atoms with van der Waals surface area (Å²) in [6.45, 7) is -0.0319. The average Bonchev–Trinajstić information content (AvgIpc) is 3.20. The molecule has 1 heterocycles. The number of nitro groups is 1. The van der Waals surface area contributed by atoms with Crippen LogP contribution >= 0.6 is 0 Å². The summed E-state index contributed by atoms with van der Waals surface area (Å²) in [5, 5.41) is 23.6. The van der Waals surface area contributed by atoms with Crippen LogP contribution in [0.15, 0.2) is 15.8 Å². The summed E-state index contributed by atoms with van der Waals surface area (Å²) >= 11 is 0. The van der Waals surface area contributed by atoms with Crippen LogP contribution < -0.4 is 16.6 Å². The van der Waals surface area contributed by atoms with E-state index in [9.17, 15) is 24.8 Å². The van der Waals surface area contributed by atoms with E-state index in [0.717, 1.165) is 23.6 Å². The van der Waals surface area contributed by atoms with Crippen molar-refractivity contribution in [2.45, 2.75) is 31.5 Å². The largest absolute Gasteiger partial charge is 0.390 e. The summed E-state index contributed by atoms with van der Waals surface area (Å²) in [6.07, 6.45) is 2.02. The molecule has 0 aromatic carbocycles. The molecule has 1 aliphatic carbocycles. The fourth-order valence-electron chi connectivity index (χ4n) is 1.86. The highest BCUT2D eigenvalue weighted by Gasteiger charge is 2.23. The van der Waals surface area contributed by atoms with E-state index in [0.29, 0.717) is 10.6 Å². The highest BCUT2D eigenvalue weighted by molar-refractivity contribution is 5.21. The van der Waals surface area contributed by atoms with Crippen LogP contribution in [-0.2, 0) is 13.6 Å². The topological polar surface area (TPSA) is 119 Å². The molecule has 1 aromatic heterocycles. The Morgan fingerprint density at radius 1 is 1.55 bits per heavy atom. The van der Waals surface area contributed by atoms with Crippen LogP contribution in [-0.4, -0.2) is 37.9 Å². The van der Waals surface area contributed by atoms with E-state index in [4.69, 9.17) is 0 Å². The molecule has 1 fully saturated rings. The number of aromatic nitrogens is 2. The Hall–Kier alpha value is -2.00. The first kappa shape index (κ1) is 14.4. The Morgan fingerprint density at radius 2 is 2.20 bits per heavy atom. The van der Waals surface area contributed by atoms with Gasteiger partial charge in [-0.25, -0.2) is 4.79 Å². The van der Waals surface area contributed by atoms with Crippen LogP contribution in [0, 0.1) is 10.1 Å². The summed E-state index contributed by atoms with van der Waals surface area (Å²) in [7, 11) is 1.32. The minimum atomic E-state index is -0.997. The molecule has 20 heavy (non-hydrogen) atoms. The van der Waals surface area contributed by atoms with Crippen molar-refractivity contribution in [3.05, 3.63) is 37.1 Å². The third-order valence-electron chi connectivity index (χ3n) is 3.12. The lowest BCUT2D eigenvalue weighted by Crippen LogP contribution is -2.44. The standard InChI is InChI=1S/C11H16N4O5/c1-13-6-9(15(19)20)10(17)14(11(13)18)5-8(16)4-12-7-2-3-7/h6-8,12,16H,2-5H2,1H3. The van der Waals surface area contributed by atoms with Gasteiger partial charge in [0.2, 0.25) is 0 Å². The van der Waals surface area contributed by atoms with E-state index in [1.807, 2.05) is 0 Å². The van der Waals surface area contributed by atoms with Gasteiger partial charge in [-0.15, -0.1) is 0 Å². The third kappa shape index (κ3) is 3.11. The van der Waals surface area contributed by atoms with Crippen molar-refractivity contribution in [2.75, 3.05) is 6.54 Å². The van der Waals surface area contributed by atoms with Gasteiger partial charge in [-0.05, 0) is 12.8 Å². The maximum atomic E-state index is 11.8. The molecule has 0 amide bonds. The van der Waals surface area contributed by atoms with Crippen molar-refractivity contribution < 1.29 is 10.0 Å². The van der Waals surface area contributed by atoms with Gasteiger partial charge < -0.3 is 10.4 Å². The number of aliphatic hydroxyl groups excluding tert-OH is 1. The smallest absolute Gasteiger partial charge is 0.350 e. The predicted octanol–water partition coefficient (Wildman–Crippen LogP) is -1.43. The molecule has 1 aromatic rings. The first-order valence-electron chi connectivity index (χ1n) is 6.26. The van der Waals surface area contributed by atoms with Gasteiger partial charge >= 0.3 is 16.9 Å². The molecule has 1 aliphatic rings. The van der Waals surface area contributed by atoms with E-state index < -0.39 is 28.0 Å². The molecule has 0 saturated heterocycles. The van der Waals surface area contributed by atoms with Gasteiger partial charge in [0.15, 0.2) is 0 Å². The van der Waals surface area contributed by atoms with Crippen LogP contribution in [0.5, 0.6) is 0 Å². The van der Waals surface area contributed by atoms with Gasteiger partial charge in [-0.2, -0.15) is 0 Å². The van der Waals surface area contributed by atoms with Gasteiger partial charge in [-0.3, -0.25) is 24.0 Å². The lowest BCUT2D eigenvalue weighted by atomic mass is 10.3. The lowest BCUT2D eigenvalue weighted by molar-refractivity contribution is -0.387. The number of hydrogen-bond donors (Lipinski definition) is 2. The van der Waals surface area contributed by atoms with Crippen molar-refractivity contribution in [2.24, 2.45) is 7.05 Å². The molecule has 1 saturated carbocycles. The van der Waals surface area contributed by atoms with Gasteiger partial charge in [0.05, 0.1) is 23.8 Å². The van der Waals surface area contributed by atoms with E-state index in [-0.39, 0.29) is 13.1 Å². The first-order chi connectivity index (χ1) is 9.40. The number of nitrogens with zero attached hydrogens (tertiary/aromatic N) is 3. The van der Waals surface area contributed by atoms with Gasteiger partial charge in [0, 0.05) is 19.6 Å². The Labute approximate surface area is 113 Å². The molecular weight excluding hydrogens is 268 g/mol. The zero-order valence-corrected chi connectivity index (χ0v) is 11.0. The molecule has 0 bridgehead atoms. The van der Waals surface area contributed by atoms with Crippen molar-refractivity contribution in [3.8, 4) is 0 Å². The predicted molar refractivity (Wildman–Crippen MR) is 69.6 cm³/mol. The highest BCUT2D eigenvalue weighted by Crippen LogP contribution is 2.18. The molecular formula is C11H16N4O5. The van der Waals surface area contributed by atoms with Gasteiger partial charge in [0.25, 0.3) is 0 Å². The second-order valence-electron chi connectivity index (χ2n) is 4.92. The van der Waals surface area contributed by atoms with Crippen LogP contribution in [0.1, 0.15) is 12.8 Å². The Kier molecular flexibility index (Phi) is 4.00. The fourth-order valence-corrected chi connectivity index (χ4v) is 1.86. The zero-order valence-electron chi connectivity index (χ0n) is 11.0. The van der Waals surface area contributed by atoms with E-state index in [1.165, 1.54) is 7.05 Å². The maximum absolute atomic E-state index is 11.8. The second kappa shape index (κ2) is 5.55. The lowest BCUT2D eigenvalue weighted by Gasteiger charge is -2.13. The maximum Gasteiger partial charge on any atom is 0.350 e. The number of aryl methyl sites for hydroxylation is 1. The monoisotopic (exact) mass is 284 g/mol. The van der Waals surface area contributed by atoms with Crippen molar-refractivity contribution in [3.63, 3.8) is 0 Å². The minimum absolute atomic E-state index is 0.239. The average molecular weight is 284 g/mol. The number of aliphatic hydroxyl groups is 1. The molecule has 2 rings (SSSR count). The van der Waals surface area contributed by atoms with Crippen molar-refractivity contribution in [1.82, 2.24) is 14.5 Å². The summed E-state index contributed by atoms with van der Waals surface area (Å²) in [4.78, 5) is 33.6. The molecule has 9 nitrogen and oxygen atoms in total. The minimum Gasteiger partial charge on any atom is -0.390 e. The quantitative estimate of drug-likeness (QED) is 0.488. The number of hydrogen-bond acceptors (Lipinski definition) is 6. The van der Waals surface area contributed by atoms with Crippen molar-refractivity contribution in [1.29, 1.82) is 0 Å². The Bertz CT molecular complexity index is 631. The Balaban J connectivity index is 2.22. The van der Waals surface area contributed by atoms with E-state index >= 15 is 0 Å². The van der Waals surface area contributed by atoms with E-state index in [2.05, 4.69) is 5.32 Å². The number of rotatable bonds is 6. The first-order valence-corrected chi connectivity index (χ1v) is 6.26. The summed E-state index contributed by atoms with van der Waals surface area (Å²) < 4.78 is 1.65. The van der Waals surface area contributed by atoms with E-state index in [1.54, 1.807) is 0 Å². The summed E-state index contributed by atoms with van der Waals surface area (Å²) in [5.41, 5.74) is -2.37. The molecule has 110 valence electrons. The molecule has 2 N–H and O–H groups in total. The molecule has 0 spiro atoms. The Morgan fingerprint density at radius 3 is 2.75 bits per heavy atom. The third-order valence-corrected chi connectivity index (χ3v) is 3.12. The molecule has 1 atom stereocenters. The molecule has 1 unspecified atom stereocenters. The molecule has 9 heteroatoms. The molecule has 0 aliphatic heterocycles. The summed E-state index contributed by atoms with van der Waals surface area (Å²) in [6, 6.07) is 0.384. The second-order valence-corrected chi connectivity index (χ2v) is 4.92. The van der Waals surface area contributed by atoms with Crippen LogP contribution in [0.2, 0.25) is 0 Å². The fraction of sp³-hybridized carbons (Fsp3) is 0.636. The van der Waals surface area contributed by atoms with Gasteiger partial charge in [0.1, 0.15) is 0 Å². The molecule has 0 radical (unpaired) electrons. The van der Waals surface area contributed by atoms with Crippen LogP contribution in [0.25, 0.3) is 0 Å². The van der Waals surface area contributed by atoms with Crippen LogP contribution in [0.3, 0.4) is 0 Å².